The first-order chi connectivity index (χ1) is 8.22. The Balaban J connectivity index is 1.96. The van der Waals surface area contributed by atoms with Crippen molar-refractivity contribution in [2.75, 3.05) is 19.6 Å². The number of likely N-dealkylation sites (tertiary alicyclic amines) is 1. The van der Waals surface area contributed by atoms with Crippen LogP contribution in [0.1, 0.15) is 52.4 Å². The van der Waals surface area contributed by atoms with Gasteiger partial charge in [0.15, 0.2) is 0 Å². The van der Waals surface area contributed by atoms with Crippen molar-refractivity contribution >= 4 is 13.1 Å². The molecule has 1 aliphatic heterocycles. The first-order valence-electron chi connectivity index (χ1n) is 7.27. The van der Waals surface area contributed by atoms with Gasteiger partial charge in [0.05, 0.1) is 0 Å². The third-order valence-electron chi connectivity index (χ3n) is 3.60. The summed E-state index contributed by atoms with van der Waals surface area (Å²) in [6.45, 7) is 7.71. The van der Waals surface area contributed by atoms with Crippen molar-refractivity contribution in [1.82, 2.24) is 4.90 Å². The number of carbonyl (C=O) groups excluding carboxylic acids is 1. The smallest absolute Gasteiger partial charge is 0.129 e. The number of unbranched alkanes of at least 4 members (excludes halogenated alkanes) is 2. The highest BCUT2D eigenvalue weighted by molar-refractivity contribution is 6.37. The zero-order valence-corrected chi connectivity index (χ0v) is 11.6. The molecule has 1 saturated heterocycles. The second kappa shape index (κ2) is 8.74. The van der Waals surface area contributed by atoms with Crippen LogP contribution in [0.3, 0.4) is 0 Å². The van der Waals surface area contributed by atoms with Crippen LogP contribution in [0.5, 0.6) is 0 Å². The molecule has 1 fully saturated rings. The van der Waals surface area contributed by atoms with Gasteiger partial charge in [0.1, 0.15) is 13.1 Å². The summed E-state index contributed by atoms with van der Waals surface area (Å²) in [6.07, 6.45) is 8.22. The molecule has 1 radical (unpaired) electrons. The lowest BCUT2D eigenvalue weighted by molar-refractivity contribution is -0.117. The van der Waals surface area contributed by atoms with Crippen LogP contribution >= 0.6 is 0 Å². The van der Waals surface area contributed by atoms with E-state index < -0.39 is 0 Å². The second-order valence-electron chi connectivity index (χ2n) is 5.39. The molecule has 1 heterocycles. The monoisotopic (exact) mass is 236 g/mol. The fraction of sp³-hybridized carbons (Fsp3) is 0.929. The lowest BCUT2D eigenvalue weighted by Crippen LogP contribution is -2.21. The van der Waals surface area contributed by atoms with Crippen molar-refractivity contribution in [2.24, 2.45) is 0 Å². The normalized spacial score (nSPS) is 20.7. The molecule has 1 atom stereocenters. The molecule has 0 saturated carbocycles. The quantitative estimate of drug-likeness (QED) is 0.452. The molecule has 2 nitrogen and oxygen atoms in total. The topological polar surface area (TPSA) is 20.3 Å². The van der Waals surface area contributed by atoms with Gasteiger partial charge in [0.25, 0.3) is 0 Å². The molecule has 17 heavy (non-hydrogen) atoms. The largest absolute Gasteiger partial charge is 0.304 e. The number of nitrogens with zero attached hydrogens (tertiary/aromatic N) is 1. The fourth-order valence-electron chi connectivity index (χ4n) is 2.55. The molecular formula is C14H27BNO. The number of rotatable bonds is 9. The molecule has 0 aliphatic carbocycles. The Morgan fingerprint density at radius 1 is 1.35 bits per heavy atom. The molecular weight excluding hydrogens is 209 g/mol. The number of carbonyl (C=O) groups is 1. The van der Waals surface area contributed by atoms with Crippen molar-refractivity contribution in [2.45, 2.75) is 64.5 Å². The van der Waals surface area contributed by atoms with Crippen LogP contribution in [0.25, 0.3) is 0 Å². The minimum Gasteiger partial charge on any atom is -0.304 e. The van der Waals surface area contributed by atoms with E-state index in [9.17, 15) is 4.79 Å². The predicted molar refractivity (Wildman–Crippen MR) is 74.8 cm³/mol. The minimum absolute atomic E-state index is 0.334. The Morgan fingerprint density at radius 3 is 2.88 bits per heavy atom. The number of hydrogen-bond donors (Lipinski definition) is 0. The maximum atomic E-state index is 10.8. The molecule has 1 unspecified atom stereocenters. The van der Waals surface area contributed by atoms with Crippen molar-refractivity contribution in [3.05, 3.63) is 0 Å². The van der Waals surface area contributed by atoms with Gasteiger partial charge in [-0.25, -0.2) is 0 Å². The van der Waals surface area contributed by atoms with E-state index in [2.05, 4.69) is 19.1 Å². The molecule has 0 N–H and O–H groups in total. The average molecular weight is 236 g/mol. The van der Waals surface area contributed by atoms with Gasteiger partial charge in [0.2, 0.25) is 0 Å². The lowest BCUT2D eigenvalue weighted by Gasteiger charge is -2.15. The third-order valence-corrected chi connectivity index (χ3v) is 3.60. The summed E-state index contributed by atoms with van der Waals surface area (Å²) < 4.78 is 0. The summed E-state index contributed by atoms with van der Waals surface area (Å²) in [4.78, 5) is 13.4. The van der Waals surface area contributed by atoms with Gasteiger partial charge < -0.3 is 9.69 Å². The molecule has 3 heteroatoms. The minimum atomic E-state index is 0.334. The Hall–Kier alpha value is -0.305. The van der Waals surface area contributed by atoms with Crippen LogP contribution in [-0.4, -0.2) is 37.6 Å². The van der Waals surface area contributed by atoms with Crippen LogP contribution in [0.2, 0.25) is 12.1 Å². The molecule has 0 aromatic rings. The van der Waals surface area contributed by atoms with Crippen molar-refractivity contribution in [3.63, 3.8) is 0 Å². The Bertz CT molecular complexity index is 220. The maximum Gasteiger partial charge on any atom is 0.129 e. The highest BCUT2D eigenvalue weighted by Crippen LogP contribution is 2.22. The SMILES string of the molecule is CCC[B]C1CCN(CCCCCC(C)=O)C1. The van der Waals surface area contributed by atoms with E-state index in [-0.39, 0.29) is 0 Å². The highest BCUT2D eigenvalue weighted by Gasteiger charge is 2.21. The molecule has 1 aliphatic rings. The van der Waals surface area contributed by atoms with Gasteiger partial charge in [0, 0.05) is 6.42 Å². The van der Waals surface area contributed by atoms with E-state index in [4.69, 9.17) is 0 Å². The van der Waals surface area contributed by atoms with Gasteiger partial charge >= 0.3 is 0 Å². The zero-order valence-electron chi connectivity index (χ0n) is 11.6. The van der Waals surface area contributed by atoms with Crippen molar-refractivity contribution < 1.29 is 4.79 Å². The van der Waals surface area contributed by atoms with Crippen LogP contribution in [-0.2, 0) is 4.79 Å². The third kappa shape index (κ3) is 6.87. The maximum absolute atomic E-state index is 10.8. The Morgan fingerprint density at radius 2 is 2.18 bits per heavy atom. The number of Topliss-reactive ketones (excluding diaryl/α,β-unsaturated/α-hetero) is 1. The summed E-state index contributed by atoms with van der Waals surface area (Å²) in [5.41, 5.74) is 0. The van der Waals surface area contributed by atoms with Crippen LogP contribution in [0.4, 0.5) is 0 Å². The Kier molecular flexibility index (Phi) is 7.58. The molecule has 0 spiro atoms. The molecule has 97 valence electrons. The van der Waals surface area contributed by atoms with E-state index in [1.54, 1.807) is 6.92 Å². The first-order valence-corrected chi connectivity index (χ1v) is 7.27. The van der Waals surface area contributed by atoms with Gasteiger partial charge in [-0.2, -0.15) is 0 Å². The molecule has 1 rings (SSSR count). The van der Waals surface area contributed by atoms with Gasteiger partial charge in [-0.3, -0.25) is 0 Å². The van der Waals surface area contributed by atoms with E-state index in [1.807, 2.05) is 0 Å². The summed E-state index contributed by atoms with van der Waals surface area (Å²) in [6, 6.07) is 0. The van der Waals surface area contributed by atoms with E-state index in [0.29, 0.717) is 5.78 Å². The molecule has 0 amide bonds. The van der Waals surface area contributed by atoms with Crippen LogP contribution in [0, 0.1) is 0 Å². The second-order valence-corrected chi connectivity index (χ2v) is 5.39. The van der Waals surface area contributed by atoms with E-state index in [1.165, 1.54) is 51.6 Å². The highest BCUT2D eigenvalue weighted by atomic mass is 16.1. The van der Waals surface area contributed by atoms with Gasteiger partial charge in [-0.15, -0.1) is 0 Å². The summed E-state index contributed by atoms with van der Waals surface area (Å²) in [7, 11) is 2.51. The first kappa shape index (κ1) is 14.8. The van der Waals surface area contributed by atoms with E-state index >= 15 is 0 Å². The van der Waals surface area contributed by atoms with Gasteiger partial charge in [-0.05, 0) is 45.8 Å². The van der Waals surface area contributed by atoms with Crippen LogP contribution in [0.15, 0.2) is 0 Å². The summed E-state index contributed by atoms with van der Waals surface area (Å²) >= 11 is 0. The lowest BCUT2D eigenvalue weighted by atomic mass is 9.61. The van der Waals surface area contributed by atoms with Crippen molar-refractivity contribution in [3.8, 4) is 0 Å². The molecule has 0 aromatic heterocycles. The van der Waals surface area contributed by atoms with Gasteiger partial charge in [-0.1, -0.05) is 31.9 Å². The fourth-order valence-corrected chi connectivity index (χ4v) is 2.55. The number of ketones is 1. The standard InChI is InChI=1S/C14H27BNO/c1-3-9-15-14-8-11-16(12-14)10-6-4-5-7-13(2)17/h14H,3-12H2,1-2H3. The Labute approximate surface area is 107 Å². The summed E-state index contributed by atoms with van der Waals surface area (Å²) in [5.74, 6) is 1.17. The summed E-state index contributed by atoms with van der Waals surface area (Å²) in [5, 5.41) is 0. The van der Waals surface area contributed by atoms with E-state index in [0.717, 1.165) is 18.7 Å². The zero-order chi connectivity index (χ0) is 12.5. The van der Waals surface area contributed by atoms with Crippen molar-refractivity contribution in [1.29, 1.82) is 0 Å². The molecule has 0 aromatic carbocycles. The molecule has 0 bridgehead atoms. The number of hydrogen-bond acceptors (Lipinski definition) is 2. The average Bonchev–Trinajstić information content (AvgIpc) is 2.73. The van der Waals surface area contributed by atoms with Crippen LogP contribution < -0.4 is 0 Å². The predicted octanol–water partition coefficient (Wildman–Crippen LogP) is 3.16.